The molecule has 0 aliphatic carbocycles. The quantitative estimate of drug-likeness (QED) is 0.131. The van der Waals surface area contributed by atoms with E-state index in [0.717, 1.165) is 0 Å². The number of ether oxygens (including phenoxy) is 3. The van der Waals surface area contributed by atoms with Crippen LogP contribution < -0.4 is 36.3 Å². The zero-order valence-corrected chi connectivity index (χ0v) is 26.4. The molecular formula is C36H27Cl3N4O3. The zero-order chi connectivity index (χ0) is 32.2. The van der Waals surface area contributed by atoms with Gasteiger partial charge in [0, 0.05) is 35.3 Å². The summed E-state index contributed by atoms with van der Waals surface area (Å²) in [5, 5.41) is 1.20. The largest absolute Gasteiger partial charge is 0.454 e. The Morgan fingerprint density at radius 1 is 0.370 bits per heavy atom. The first-order valence-electron chi connectivity index (χ1n) is 14.0. The lowest BCUT2D eigenvalue weighted by Gasteiger charge is -2.30. The number of nitrogens with two attached hydrogens (primary N) is 3. The van der Waals surface area contributed by atoms with Crippen molar-refractivity contribution in [2.45, 2.75) is 0 Å². The minimum absolute atomic E-state index is 0.390. The normalized spacial score (nSPS) is 10.8. The molecule has 0 atom stereocenters. The van der Waals surface area contributed by atoms with Crippen molar-refractivity contribution in [2.24, 2.45) is 0 Å². The number of rotatable bonds is 9. The molecule has 0 spiro atoms. The van der Waals surface area contributed by atoms with Gasteiger partial charge in [-0.05, 0) is 72.8 Å². The highest BCUT2D eigenvalue weighted by atomic mass is 35.5. The van der Waals surface area contributed by atoms with Crippen LogP contribution in [0, 0.1) is 0 Å². The summed E-state index contributed by atoms with van der Waals surface area (Å²) in [7, 11) is 0. The Balaban J connectivity index is 1.55. The topological polar surface area (TPSA) is 109 Å². The molecule has 0 heterocycles. The first-order valence-corrected chi connectivity index (χ1v) is 15.2. The first kappa shape index (κ1) is 30.8. The van der Waals surface area contributed by atoms with Gasteiger partial charge >= 0.3 is 0 Å². The second-order valence-corrected chi connectivity index (χ2v) is 11.3. The Morgan fingerprint density at radius 2 is 0.652 bits per heavy atom. The van der Waals surface area contributed by atoms with Crippen LogP contribution in [0.3, 0.4) is 0 Å². The maximum atomic E-state index is 6.52. The molecular weight excluding hydrogens is 643 g/mol. The average Bonchev–Trinajstić information content (AvgIpc) is 3.05. The lowest BCUT2D eigenvalue weighted by molar-refractivity contribution is 0.477. The summed E-state index contributed by atoms with van der Waals surface area (Å²) >= 11 is 19.6. The van der Waals surface area contributed by atoms with E-state index in [0.29, 0.717) is 83.7 Å². The van der Waals surface area contributed by atoms with Crippen molar-refractivity contribution in [1.29, 1.82) is 0 Å². The third kappa shape index (κ3) is 6.72. The minimum Gasteiger partial charge on any atom is -0.454 e. The van der Waals surface area contributed by atoms with Gasteiger partial charge in [0.25, 0.3) is 0 Å². The van der Waals surface area contributed by atoms with Gasteiger partial charge in [0.1, 0.15) is 17.2 Å². The number of nitrogens with zero attached hydrogens (tertiary/aromatic N) is 1. The summed E-state index contributed by atoms with van der Waals surface area (Å²) in [5.74, 6) is 2.60. The molecule has 0 aliphatic rings. The van der Waals surface area contributed by atoms with Gasteiger partial charge in [0.2, 0.25) is 0 Å². The van der Waals surface area contributed by atoms with Crippen LogP contribution in [0.15, 0.2) is 127 Å². The van der Waals surface area contributed by atoms with Crippen molar-refractivity contribution < 1.29 is 14.2 Å². The molecule has 6 N–H and O–H groups in total. The van der Waals surface area contributed by atoms with Crippen LogP contribution in [-0.4, -0.2) is 0 Å². The highest BCUT2D eigenvalue weighted by Crippen LogP contribution is 2.50. The Labute approximate surface area is 281 Å². The maximum absolute atomic E-state index is 6.52. The van der Waals surface area contributed by atoms with Crippen LogP contribution in [-0.2, 0) is 0 Å². The molecule has 0 unspecified atom stereocenters. The fourth-order valence-corrected chi connectivity index (χ4v) is 5.19. The van der Waals surface area contributed by atoms with Crippen molar-refractivity contribution in [3.63, 3.8) is 0 Å². The molecule has 0 saturated heterocycles. The molecule has 10 heteroatoms. The third-order valence-electron chi connectivity index (χ3n) is 6.84. The molecule has 0 amide bonds. The van der Waals surface area contributed by atoms with Gasteiger partial charge in [-0.15, -0.1) is 0 Å². The average molecular weight is 670 g/mol. The standard InChI is InChI=1S/C36H27Cl3N4O3/c37-25-16-13-22(40)19-34(25)44-31-10-4-1-7-28(31)43(29-8-2-5-11-32(29)45-35-20-23(41)14-17-26(35)38)30-9-3-6-12-33(30)46-36-21-24(42)15-18-27(36)39/h1-21H,40-42H2. The summed E-state index contributed by atoms with van der Waals surface area (Å²) in [6, 6.07) is 37.7. The van der Waals surface area contributed by atoms with E-state index >= 15 is 0 Å². The Hall–Kier alpha value is -5.21. The van der Waals surface area contributed by atoms with Crippen LogP contribution in [0.1, 0.15) is 0 Å². The van der Waals surface area contributed by atoms with Gasteiger partial charge in [-0.2, -0.15) is 0 Å². The summed E-state index contributed by atoms with van der Waals surface area (Å²) in [5.41, 5.74) is 21.6. The van der Waals surface area contributed by atoms with Gasteiger partial charge in [-0.3, -0.25) is 4.90 Å². The molecule has 0 aliphatic heterocycles. The molecule has 0 aromatic heterocycles. The minimum atomic E-state index is 0.390. The SMILES string of the molecule is Nc1ccc(Cl)c(Oc2ccccc2N(c2ccccc2Oc2cc(N)ccc2Cl)c2ccccc2Oc2cc(N)ccc2Cl)c1. The molecule has 0 saturated carbocycles. The predicted molar refractivity (Wildman–Crippen MR) is 189 cm³/mol. The predicted octanol–water partition coefficient (Wildman–Crippen LogP) is 11.2. The Kier molecular flexibility index (Phi) is 8.99. The Morgan fingerprint density at radius 3 is 0.957 bits per heavy atom. The van der Waals surface area contributed by atoms with Crippen molar-refractivity contribution >= 4 is 68.9 Å². The fourth-order valence-electron chi connectivity index (χ4n) is 4.72. The van der Waals surface area contributed by atoms with Gasteiger partial charge < -0.3 is 31.4 Å². The second kappa shape index (κ2) is 13.4. The number of para-hydroxylation sites is 6. The van der Waals surface area contributed by atoms with E-state index in [9.17, 15) is 0 Å². The van der Waals surface area contributed by atoms with Crippen LogP contribution in [0.5, 0.6) is 34.5 Å². The van der Waals surface area contributed by atoms with Crippen LogP contribution >= 0.6 is 34.8 Å². The maximum Gasteiger partial charge on any atom is 0.151 e. The molecule has 46 heavy (non-hydrogen) atoms. The summed E-state index contributed by atoms with van der Waals surface area (Å²) in [6.07, 6.45) is 0. The number of hydrogen-bond acceptors (Lipinski definition) is 7. The number of benzene rings is 6. The summed E-state index contributed by atoms with van der Waals surface area (Å²) in [4.78, 5) is 1.95. The van der Waals surface area contributed by atoms with Gasteiger partial charge in [0.15, 0.2) is 17.2 Å². The first-order chi connectivity index (χ1) is 22.3. The van der Waals surface area contributed by atoms with Gasteiger partial charge in [0.05, 0.1) is 32.1 Å². The van der Waals surface area contributed by atoms with Crippen molar-refractivity contribution in [3.05, 3.63) is 142 Å². The van der Waals surface area contributed by atoms with E-state index in [1.807, 2.05) is 77.7 Å². The number of hydrogen-bond donors (Lipinski definition) is 3. The third-order valence-corrected chi connectivity index (χ3v) is 7.78. The Bertz CT molecular complexity index is 1810. The van der Waals surface area contributed by atoms with E-state index in [1.54, 1.807) is 54.6 Å². The van der Waals surface area contributed by atoms with Crippen molar-refractivity contribution in [1.82, 2.24) is 0 Å². The van der Waals surface area contributed by atoms with E-state index in [-0.39, 0.29) is 0 Å². The molecule has 6 aromatic rings. The van der Waals surface area contributed by atoms with Crippen LogP contribution in [0.4, 0.5) is 34.1 Å². The monoisotopic (exact) mass is 668 g/mol. The molecule has 7 nitrogen and oxygen atoms in total. The van der Waals surface area contributed by atoms with Crippen LogP contribution in [0.2, 0.25) is 15.1 Å². The van der Waals surface area contributed by atoms with E-state index in [2.05, 4.69) is 0 Å². The smallest absolute Gasteiger partial charge is 0.151 e. The van der Waals surface area contributed by atoms with E-state index in [4.69, 9.17) is 66.2 Å². The molecule has 0 radical (unpaired) electrons. The van der Waals surface area contributed by atoms with Gasteiger partial charge in [-0.25, -0.2) is 0 Å². The fraction of sp³-hybridized carbons (Fsp3) is 0. The molecule has 230 valence electrons. The molecule has 6 rings (SSSR count). The summed E-state index contributed by atoms with van der Waals surface area (Å²) < 4.78 is 19.3. The number of nitrogen functional groups attached to an aromatic ring is 3. The lowest BCUT2D eigenvalue weighted by atomic mass is 10.1. The number of anilines is 6. The van der Waals surface area contributed by atoms with E-state index < -0.39 is 0 Å². The molecule has 0 bridgehead atoms. The lowest BCUT2D eigenvalue weighted by Crippen LogP contribution is -2.13. The van der Waals surface area contributed by atoms with Crippen LogP contribution in [0.25, 0.3) is 0 Å². The molecule has 6 aromatic carbocycles. The summed E-state index contributed by atoms with van der Waals surface area (Å²) in [6.45, 7) is 0. The number of halogens is 3. The highest BCUT2D eigenvalue weighted by molar-refractivity contribution is 6.32. The van der Waals surface area contributed by atoms with E-state index in [1.165, 1.54) is 0 Å². The molecule has 0 fully saturated rings. The van der Waals surface area contributed by atoms with Crippen molar-refractivity contribution in [2.75, 3.05) is 22.1 Å². The second-order valence-electron chi connectivity index (χ2n) is 10.1. The van der Waals surface area contributed by atoms with Crippen molar-refractivity contribution in [3.8, 4) is 34.5 Å². The zero-order valence-electron chi connectivity index (χ0n) is 24.2. The van der Waals surface area contributed by atoms with Gasteiger partial charge in [-0.1, -0.05) is 71.2 Å². The highest BCUT2D eigenvalue weighted by Gasteiger charge is 2.25.